The van der Waals surface area contributed by atoms with Gasteiger partial charge >= 0.3 is 5.69 Å². The summed E-state index contributed by atoms with van der Waals surface area (Å²) in [6.07, 6.45) is 1.28. The summed E-state index contributed by atoms with van der Waals surface area (Å²) in [4.78, 5) is 31.0. The van der Waals surface area contributed by atoms with E-state index in [9.17, 15) is 14.7 Å². The maximum absolute atomic E-state index is 12.2. The van der Waals surface area contributed by atoms with Crippen molar-refractivity contribution in [3.63, 3.8) is 0 Å². The van der Waals surface area contributed by atoms with Crippen LogP contribution in [0.15, 0.2) is 51.7 Å². The van der Waals surface area contributed by atoms with Gasteiger partial charge < -0.3 is 14.8 Å². The smallest absolute Gasteiger partial charge is 0.346 e. The number of rotatable bonds is 6. The summed E-state index contributed by atoms with van der Waals surface area (Å²) in [5.74, 6) is -0.396. The number of aromatic nitrogens is 2. The molecule has 0 radical (unpaired) electrons. The standard InChI is InChI=1S/C18H16N4O4S/c1-2-26-14-6-3-5-11(16(14)23)10-19-22-17(24)13-9-12(20-18(25)21-13)15-7-4-8-27-15/h3-10,23H,2H2,1H3,(H,22,24)(H,20,21,25)/b19-10+. The predicted octanol–water partition coefficient (Wildman–Crippen LogP) is 2.37. The number of carbonyl (C=O) groups excluding carboxylic acids is 1. The summed E-state index contributed by atoms with van der Waals surface area (Å²) in [6.45, 7) is 2.21. The fraction of sp³-hybridized carbons (Fsp3) is 0.111. The zero-order chi connectivity index (χ0) is 19.2. The summed E-state index contributed by atoms with van der Waals surface area (Å²) in [5.41, 5.74) is 2.48. The van der Waals surface area contributed by atoms with Gasteiger partial charge in [-0.25, -0.2) is 10.2 Å². The molecule has 2 aromatic heterocycles. The predicted molar refractivity (Wildman–Crippen MR) is 103 cm³/mol. The highest BCUT2D eigenvalue weighted by atomic mass is 32.1. The number of hydrogen-bond donors (Lipinski definition) is 3. The molecule has 0 spiro atoms. The van der Waals surface area contributed by atoms with Gasteiger partial charge in [0.25, 0.3) is 5.91 Å². The van der Waals surface area contributed by atoms with Gasteiger partial charge in [-0.3, -0.25) is 4.79 Å². The molecule has 0 unspecified atom stereocenters. The number of phenolic OH excluding ortho intramolecular Hbond substituents is 1. The van der Waals surface area contributed by atoms with Crippen LogP contribution in [0, 0.1) is 0 Å². The number of phenols is 1. The Balaban J connectivity index is 1.76. The van der Waals surface area contributed by atoms with Gasteiger partial charge in [0.05, 0.1) is 23.4 Å². The largest absolute Gasteiger partial charge is 0.504 e. The summed E-state index contributed by atoms with van der Waals surface area (Å²) in [7, 11) is 0. The first-order valence-electron chi connectivity index (χ1n) is 8.02. The molecule has 1 aromatic carbocycles. The van der Waals surface area contributed by atoms with Gasteiger partial charge in [0, 0.05) is 5.56 Å². The van der Waals surface area contributed by atoms with Crippen LogP contribution in [0.4, 0.5) is 0 Å². The molecule has 0 aliphatic carbocycles. The Morgan fingerprint density at radius 1 is 1.41 bits per heavy atom. The second-order valence-electron chi connectivity index (χ2n) is 5.29. The highest BCUT2D eigenvalue weighted by Gasteiger charge is 2.11. The number of carbonyl (C=O) groups is 1. The minimum Gasteiger partial charge on any atom is -0.504 e. The molecule has 0 bridgehead atoms. The van der Waals surface area contributed by atoms with Gasteiger partial charge in [0.15, 0.2) is 11.5 Å². The molecular weight excluding hydrogens is 368 g/mol. The highest BCUT2D eigenvalue weighted by molar-refractivity contribution is 7.13. The van der Waals surface area contributed by atoms with Crippen molar-refractivity contribution in [3.05, 3.63) is 63.5 Å². The van der Waals surface area contributed by atoms with E-state index in [1.165, 1.54) is 23.6 Å². The molecule has 27 heavy (non-hydrogen) atoms. The monoisotopic (exact) mass is 384 g/mol. The summed E-state index contributed by atoms with van der Waals surface area (Å²) < 4.78 is 5.29. The molecule has 9 heteroatoms. The topological polar surface area (TPSA) is 117 Å². The van der Waals surface area contributed by atoms with Crippen molar-refractivity contribution < 1.29 is 14.6 Å². The molecule has 1 amide bonds. The number of para-hydroxylation sites is 1. The average Bonchev–Trinajstić information content (AvgIpc) is 3.19. The Bertz CT molecular complexity index is 1030. The van der Waals surface area contributed by atoms with Crippen LogP contribution in [-0.4, -0.2) is 33.8 Å². The molecule has 0 fully saturated rings. The number of ether oxygens (including phenoxy) is 1. The molecule has 0 saturated carbocycles. The lowest BCUT2D eigenvalue weighted by molar-refractivity contribution is 0.0949. The fourth-order valence-electron chi connectivity index (χ4n) is 2.27. The molecule has 0 aliphatic rings. The zero-order valence-electron chi connectivity index (χ0n) is 14.3. The lowest BCUT2D eigenvalue weighted by Gasteiger charge is -2.07. The first-order chi connectivity index (χ1) is 13.1. The molecule has 2 heterocycles. The van der Waals surface area contributed by atoms with E-state index < -0.39 is 11.6 Å². The average molecular weight is 384 g/mol. The number of thiophene rings is 1. The minimum absolute atomic E-state index is 0.0633. The van der Waals surface area contributed by atoms with Crippen molar-refractivity contribution in [3.8, 4) is 22.1 Å². The highest BCUT2D eigenvalue weighted by Crippen LogP contribution is 2.28. The van der Waals surface area contributed by atoms with Gasteiger partial charge in [0.1, 0.15) is 5.69 Å². The first kappa shape index (κ1) is 18.3. The third-order valence-electron chi connectivity index (χ3n) is 3.46. The molecule has 0 atom stereocenters. The number of hydrogen-bond acceptors (Lipinski definition) is 7. The SMILES string of the molecule is CCOc1cccc(/C=N/NC(=O)c2cc(-c3cccs3)[nH]c(=O)n2)c1O. The lowest BCUT2D eigenvalue weighted by atomic mass is 10.2. The van der Waals surface area contributed by atoms with Gasteiger partial charge in [-0.05, 0) is 36.6 Å². The number of benzene rings is 1. The van der Waals surface area contributed by atoms with Crippen molar-refractivity contribution >= 4 is 23.5 Å². The van der Waals surface area contributed by atoms with Crippen LogP contribution in [0.1, 0.15) is 23.0 Å². The molecule has 3 aromatic rings. The van der Waals surface area contributed by atoms with E-state index in [1.807, 2.05) is 17.5 Å². The summed E-state index contributed by atoms with van der Waals surface area (Å²) >= 11 is 1.43. The maximum atomic E-state index is 12.2. The Hall–Kier alpha value is -3.46. The number of aromatic amines is 1. The summed E-state index contributed by atoms with van der Waals surface area (Å²) in [5, 5.41) is 15.8. The van der Waals surface area contributed by atoms with Crippen LogP contribution in [0.5, 0.6) is 11.5 Å². The van der Waals surface area contributed by atoms with Crippen molar-refractivity contribution in [2.45, 2.75) is 6.92 Å². The Kier molecular flexibility index (Phi) is 5.62. The second-order valence-corrected chi connectivity index (χ2v) is 6.24. The molecule has 138 valence electrons. The molecule has 0 aliphatic heterocycles. The van der Waals surface area contributed by atoms with Crippen LogP contribution in [0.3, 0.4) is 0 Å². The van der Waals surface area contributed by atoms with E-state index in [0.717, 1.165) is 4.88 Å². The minimum atomic E-state index is -0.643. The fourth-order valence-corrected chi connectivity index (χ4v) is 2.97. The van der Waals surface area contributed by atoms with Crippen LogP contribution in [-0.2, 0) is 0 Å². The Labute approximate surface area is 158 Å². The van der Waals surface area contributed by atoms with Crippen molar-refractivity contribution in [1.82, 2.24) is 15.4 Å². The van der Waals surface area contributed by atoms with E-state index >= 15 is 0 Å². The number of nitrogens with one attached hydrogen (secondary N) is 2. The third kappa shape index (κ3) is 4.39. The van der Waals surface area contributed by atoms with Crippen molar-refractivity contribution in [2.75, 3.05) is 6.61 Å². The number of hydrazone groups is 1. The van der Waals surface area contributed by atoms with E-state index in [1.54, 1.807) is 25.1 Å². The van der Waals surface area contributed by atoms with E-state index in [4.69, 9.17) is 4.74 Å². The normalized spacial score (nSPS) is 10.9. The Morgan fingerprint density at radius 3 is 3.00 bits per heavy atom. The molecule has 3 N–H and O–H groups in total. The number of H-pyrrole nitrogens is 1. The summed E-state index contributed by atoms with van der Waals surface area (Å²) in [6, 6.07) is 10.1. The van der Waals surface area contributed by atoms with E-state index in [0.29, 0.717) is 23.6 Å². The quantitative estimate of drug-likeness (QED) is 0.446. The second kappa shape index (κ2) is 8.28. The maximum Gasteiger partial charge on any atom is 0.346 e. The molecule has 0 saturated heterocycles. The van der Waals surface area contributed by atoms with Gasteiger partial charge in [-0.2, -0.15) is 10.1 Å². The van der Waals surface area contributed by atoms with Crippen molar-refractivity contribution in [1.29, 1.82) is 0 Å². The van der Waals surface area contributed by atoms with Gasteiger partial charge in [-0.15, -0.1) is 11.3 Å². The van der Waals surface area contributed by atoms with Crippen molar-refractivity contribution in [2.24, 2.45) is 5.10 Å². The van der Waals surface area contributed by atoms with Crippen LogP contribution < -0.4 is 15.9 Å². The molecule has 8 nitrogen and oxygen atoms in total. The Morgan fingerprint density at radius 2 is 2.26 bits per heavy atom. The van der Waals surface area contributed by atoms with Crippen LogP contribution >= 0.6 is 11.3 Å². The van der Waals surface area contributed by atoms with E-state index in [2.05, 4.69) is 20.5 Å². The van der Waals surface area contributed by atoms with Gasteiger partial charge in [0.2, 0.25) is 0 Å². The zero-order valence-corrected chi connectivity index (χ0v) is 15.1. The number of nitrogens with zero attached hydrogens (tertiary/aromatic N) is 2. The molecule has 3 rings (SSSR count). The van der Waals surface area contributed by atoms with Gasteiger partial charge in [-0.1, -0.05) is 12.1 Å². The van der Waals surface area contributed by atoms with Crippen LogP contribution in [0.25, 0.3) is 10.6 Å². The van der Waals surface area contributed by atoms with Crippen LogP contribution in [0.2, 0.25) is 0 Å². The first-order valence-corrected chi connectivity index (χ1v) is 8.90. The number of aromatic hydroxyl groups is 1. The lowest BCUT2D eigenvalue weighted by Crippen LogP contribution is -2.24. The number of amides is 1. The third-order valence-corrected chi connectivity index (χ3v) is 4.37. The van der Waals surface area contributed by atoms with E-state index in [-0.39, 0.29) is 11.4 Å². The molecular formula is C18H16N4O4S.